The number of nitrogens with one attached hydrogen (secondary N) is 1. The van der Waals surface area contributed by atoms with Gasteiger partial charge in [0.1, 0.15) is 11.1 Å². The van der Waals surface area contributed by atoms with E-state index in [1.807, 2.05) is 0 Å². The zero-order valence-corrected chi connectivity index (χ0v) is 20.7. The van der Waals surface area contributed by atoms with Gasteiger partial charge in [-0.25, -0.2) is 22.7 Å². The van der Waals surface area contributed by atoms with Gasteiger partial charge < -0.3 is 15.0 Å². The zero-order chi connectivity index (χ0) is 25.2. The number of aromatic nitrogens is 2. The van der Waals surface area contributed by atoms with Crippen molar-refractivity contribution in [3.05, 3.63) is 28.3 Å². The minimum Gasteiger partial charge on any atom is -0.379 e. The molecular weight excluding hydrogens is 507 g/mol. The minimum atomic E-state index is -4.68. The molecule has 0 radical (unpaired) electrons. The van der Waals surface area contributed by atoms with E-state index >= 15 is 0 Å². The van der Waals surface area contributed by atoms with Gasteiger partial charge in [-0.1, -0.05) is 0 Å². The molecule has 0 aliphatic carbocycles. The van der Waals surface area contributed by atoms with Crippen LogP contribution in [0, 0.1) is 0 Å². The third kappa shape index (κ3) is 4.19. The van der Waals surface area contributed by atoms with Gasteiger partial charge in [0.2, 0.25) is 16.0 Å². The molecule has 1 N–H and O–H groups in total. The Bertz CT molecular complexity index is 1270. The number of carbonyl (C=O) groups excluding carboxylic acids is 1. The monoisotopic (exact) mass is 531 g/mol. The zero-order valence-electron chi connectivity index (χ0n) is 19.1. The van der Waals surface area contributed by atoms with E-state index in [4.69, 9.17) is 4.74 Å². The molecule has 2 fully saturated rings. The van der Waals surface area contributed by atoms with E-state index in [-0.39, 0.29) is 28.5 Å². The molecule has 5 heterocycles. The number of alkyl halides is 3. The Kier molecular flexibility index (Phi) is 5.85. The van der Waals surface area contributed by atoms with Crippen molar-refractivity contribution in [1.29, 1.82) is 0 Å². The van der Waals surface area contributed by atoms with Crippen LogP contribution in [0.5, 0.6) is 0 Å². The molecule has 5 rings (SSSR count). The van der Waals surface area contributed by atoms with Crippen LogP contribution >= 0.6 is 11.3 Å². The highest BCUT2D eigenvalue weighted by molar-refractivity contribution is 7.88. The molecule has 35 heavy (non-hydrogen) atoms. The summed E-state index contributed by atoms with van der Waals surface area (Å²) in [7, 11) is -1.61. The average molecular weight is 532 g/mol. The van der Waals surface area contributed by atoms with Crippen LogP contribution in [-0.4, -0.2) is 79.1 Å². The summed E-state index contributed by atoms with van der Waals surface area (Å²) in [6.45, 7) is 1.39. The van der Waals surface area contributed by atoms with Gasteiger partial charge in [0.25, 0.3) is 5.91 Å². The van der Waals surface area contributed by atoms with E-state index in [0.29, 0.717) is 56.0 Å². The lowest BCUT2D eigenvalue weighted by molar-refractivity contribution is -0.137. The van der Waals surface area contributed by atoms with Crippen LogP contribution in [0.3, 0.4) is 0 Å². The number of rotatable bonds is 4. The summed E-state index contributed by atoms with van der Waals surface area (Å²) in [5.74, 6) is -0.215. The Morgan fingerprint density at radius 1 is 1.29 bits per heavy atom. The highest BCUT2D eigenvalue weighted by atomic mass is 32.2. The Morgan fingerprint density at radius 2 is 2.00 bits per heavy atom. The van der Waals surface area contributed by atoms with Gasteiger partial charge in [0.15, 0.2) is 0 Å². The first kappa shape index (κ1) is 24.4. The molecule has 14 heteroatoms. The lowest BCUT2D eigenvalue weighted by Crippen LogP contribution is -2.42. The SMILES string of the molecule is CN1C(=O)c2cc(-c3nc(NC4CCN(S(C)(=O)=O)CC4)ncc3C(F)(F)F)sc2[C@]12CCOC2. The molecule has 0 unspecified atom stereocenters. The van der Waals surface area contributed by atoms with Crippen LogP contribution in [0.4, 0.5) is 19.1 Å². The number of ether oxygens (including phenoxy) is 1. The average Bonchev–Trinajstić information content (AvgIpc) is 3.49. The first-order valence-corrected chi connectivity index (χ1v) is 13.7. The third-order valence-corrected chi connectivity index (χ3v) is 9.55. The topological polar surface area (TPSA) is 105 Å². The quantitative estimate of drug-likeness (QED) is 0.647. The number of halogens is 3. The van der Waals surface area contributed by atoms with E-state index in [0.717, 1.165) is 23.8 Å². The number of amides is 1. The number of carbonyl (C=O) groups is 1. The number of thiophene rings is 1. The predicted molar refractivity (Wildman–Crippen MR) is 123 cm³/mol. The van der Waals surface area contributed by atoms with E-state index < -0.39 is 27.3 Å². The third-order valence-electron chi connectivity index (χ3n) is 6.92. The second-order valence-electron chi connectivity index (χ2n) is 9.09. The van der Waals surface area contributed by atoms with Crippen molar-refractivity contribution < 1.29 is 31.1 Å². The van der Waals surface area contributed by atoms with Crippen molar-refractivity contribution in [3.8, 4) is 10.6 Å². The lowest BCUT2D eigenvalue weighted by Gasteiger charge is -2.31. The summed E-state index contributed by atoms with van der Waals surface area (Å²) in [6.07, 6.45) is -1.25. The van der Waals surface area contributed by atoms with Crippen molar-refractivity contribution in [2.24, 2.45) is 0 Å². The molecule has 0 aromatic carbocycles. The van der Waals surface area contributed by atoms with Gasteiger partial charge in [-0.2, -0.15) is 13.2 Å². The molecule has 3 aliphatic heterocycles. The molecule has 0 bridgehead atoms. The largest absolute Gasteiger partial charge is 0.420 e. The standard InChI is InChI=1S/C21H24F3N5O4S2/c1-28-18(30)13-9-15(34-17(13)20(28)5-8-33-11-20)16-14(21(22,23)24)10-25-19(27-16)26-12-3-6-29(7-4-12)35(2,31)32/h9-10,12H,3-8,11H2,1-2H3,(H,25,26,27)/t20-/m1/s1. The van der Waals surface area contributed by atoms with Crippen molar-refractivity contribution in [3.63, 3.8) is 0 Å². The summed E-state index contributed by atoms with van der Waals surface area (Å²) < 4.78 is 71.9. The number of likely N-dealkylation sites (N-methyl/N-ethyl adjacent to an activating group) is 1. The predicted octanol–water partition coefficient (Wildman–Crippen LogP) is 2.76. The lowest BCUT2D eigenvalue weighted by atomic mass is 9.97. The number of hydrogen-bond acceptors (Lipinski definition) is 8. The number of anilines is 1. The highest BCUT2D eigenvalue weighted by Crippen LogP contribution is 2.50. The first-order valence-electron chi connectivity index (χ1n) is 11.1. The molecule has 0 saturated carbocycles. The molecule has 2 aromatic rings. The molecule has 1 spiro atoms. The summed E-state index contributed by atoms with van der Waals surface area (Å²) >= 11 is 1.13. The molecule has 2 saturated heterocycles. The number of nitrogens with zero attached hydrogens (tertiary/aromatic N) is 4. The fraction of sp³-hybridized carbons (Fsp3) is 0.571. The van der Waals surface area contributed by atoms with Crippen LogP contribution < -0.4 is 5.32 Å². The fourth-order valence-corrected chi connectivity index (χ4v) is 7.17. The number of fused-ring (bicyclic) bond motifs is 2. The van der Waals surface area contributed by atoms with E-state index in [2.05, 4.69) is 15.3 Å². The van der Waals surface area contributed by atoms with Crippen LogP contribution in [0.25, 0.3) is 10.6 Å². The van der Waals surface area contributed by atoms with Crippen molar-refractivity contribution in [2.75, 3.05) is 44.9 Å². The maximum absolute atomic E-state index is 13.9. The van der Waals surface area contributed by atoms with Crippen molar-refractivity contribution in [2.45, 2.75) is 37.0 Å². The molecule has 9 nitrogen and oxygen atoms in total. The van der Waals surface area contributed by atoms with Gasteiger partial charge >= 0.3 is 6.18 Å². The van der Waals surface area contributed by atoms with Crippen LogP contribution in [-0.2, 0) is 26.5 Å². The Balaban J connectivity index is 1.47. The minimum absolute atomic E-state index is 0.0294. The van der Waals surface area contributed by atoms with Crippen molar-refractivity contribution in [1.82, 2.24) is 19.2 Å². The molecule has 190 valence electrons. The smallest absolute Gasteiger partial charge is 0.379 e. The molecule has 1 amide bonds. The van der Waals surface area contributed by atoms with Gasteiger partial charge in [0, 0.05) is 50.3 Å². The summed E-state index contributed by atoms with van der Waals surface area (Å²) in [6, 6.07) is 1.30. The van der Waals surface area contributed by atoms with E-state index in [1.54, 1.807) is 11.9 Å². The highest BCUT2D eigenvalue weighted by Gasteiger charge is 2.52. The summed E-state index contributed by atoms with van der Waals surface area (Å²) in [5.41, 5.74) is -1.54. The number of piperidine rings is 1. The Labute approximate surface area is 204 Å². The maximum Gasteiger partial charge on any atom is 0.420 e. The van der Waals surface area contributed by atoms with Gasteiger partial charge in [-0.3, -0.25) is 4.79 Å². The van der Waals surface area contributed by atoms with Crippen LogP contribution in [0.15, 0.2) is 12.3 Å². The van der Waals surface area contributed by atoms with Gasteiger partial charge in [-0.05, 0) is 18.9 Å². The van der Waals surface area contributed by atoms with E-state index in [9.17, 15) is 26.4 Å². The normalized spacial score (nSPS) is 23.9. The molecule has 1 atom stereocenters. The second-order valence-corrected chi connectivity index (χ2v) is 12.1. The molecular formula is C21H24F3N5O4S2. The van der Waals surface area contributed by atoms with Crippen LogP contribution in [0.2, 0.25) is 0 Å². The Hall–Kier alpha value is -2.29. The van der Waals surface area contributed by atoms with E-state index in [1.165, 1.54) is 10.4 Å². The first-order chi connectivity index (χ1) is 16.4. The molecule has 3 aliphatic rings. The van der Waals surface area contributed by atoms with Crippen molar-refractivity contribution >= 4 is 33.2 Å². The van der Waals surface area contributed by atoms with Gasteiger partial charge in [-0.15, -0.1) is 11.3 Å². The molecule has 2 aromatic heterocycles. The fourth-order valence-electron chi connectivity index (χ4n) is 4.90. The summed E-state index contributed by atoms with van der Waals surface area (Å²) in [5, 5.41) is 3.05. The number of sulfonamides is 1. The Morgan fingerprint density at radius 3 is 2.60 bits per heavy atom. The second kappa shape index (κ2) is 8.39. The number of hydrogen-bond donors (Lipinski definition) is 1. The van der Waals surface area contributed by atoms with Gasteiger partial charge in [0.05, 0.1) is 29.0 Å². The van der Waals surface area contributed by atoms with Crippen LogP contribution in [0.1, 0.15) is 40.1 Å². The summed E-state index contributed by atoms with van der Waals surface area (Å²) in [4.78, 5) is 23.5. The maximum atomic E-state index is 13.9.